The van der Waals surface area contributed by atoms with Crippen LogP contribution in [0.4, 0.5) is 17.1 Å². The van der Waals surface area contributed by atoms with Gasteiger partial charge in [-0.3, -0.25) is 0 Å². The summed E-state index contributed by atoms with van der Waals surface area (Å²) in [6.45, 7) is 0. The quantitative estimate of drug-likeness (QED) is 0.169. The molecule has 3 heterocycles. The van der Waals surface area contributed by atoms with Gasteiger partial charge in [-0.15, -0.1) is 11.3 Å². The van der Waals surface area contributed by atoms with Crippen molar-refractivity contribution in [2.45, 2.75) is 0 Å². The largest absolute Gasteiger partial charge is 0.435 e. The highest BCUT2D eigenvalue weighted by molar-refractivity contribution is 7.25. The topological polar surface area (TPSA) is 34.2 Å². The van der Waals surface area contributed by atoms with Crippen molar-refractivity contribution in [3.63, 3.8) is 0 Å². The molecule has 0 unspecified atom stereocenters. The molecular formula is C53H33N3OS. The fraction of sp³-hybridized carbons (Fsp3) is 0. The second-order valence-electron chi connectivity index (χ2n) is 14.7. The van der Waals surface area contributed by atoms with E-state index in [1.807, 2.05) is 47.7 Å². The third kappa shape index (κ3) is 5.11. The fourth-order valence-electron chi connectivity index (χ4n) is 8.81. The number of nitrogens with zero attached hydrogens (tertiary/aromatic N) is 3. The monoisotopic (exact) mass is 759 g/mol. The first-order valence-corrected chi connectivity index (χ1v) is 20.4. The zero-order valence-electron chi connectivity index (χ0n) is 31.2. The highest BCUT2D eigenvalue weighted by Gasteiger charge is 2.23. The van der Waals surface area contributed by atoms with E-state index in [0.717, 1.165) is 56.1 Å². The van der Waals surface area contributed by atoms with Gasteiger partial charge in [-0.05, 0) is 95.7 Å². The number of aromatic nitrogens is 2. The van der Waals surface area contributed by atoms with Crippen LogP contribution in [0.3, 0.4) is 0 Å². The van der Waals surface area contributed by atoms with Crippen molar-refractivity contribution in [2.24, 2.45) is 0 Å². The minimum atomic E-state index is 0.611. The Morgan fingerprint density at radius 2 is 1.16 bits per heavy atom. The number of fused-ring (bicyclic) bond motifs is 9. The van der Waals surface area contributed by atoms with Gasteiger partial charge in [0.25, 0.3) is 0 Å². The summed E-state index contributed by atoms with van der Waals surface area (Å²) in [6.07, 6.45) is 0. The Morgan fingerprint density at radius 1 is 0.483 bits per heavy atom. The number of hydrogen-bond donors (Lipinski definition) is 0. The maximum Gasteiger partial charge on any atom is 0.227 e. The van der Waals surface area contributed by atoms with Gasteiger partial charge in [0.1, 0.15) is 5.52 Å². The maximum absolute atomic E-state index is 6.64. The maximum atomic E-state index is 6.64. The van der Waals surface area contributed by atoms with Crippen LogP contribution in [0.1, 0.15) is 0 Å². The van der Waals surface area contributed by atoms with Crippen LogP contribution in [0.5, 0.6) is 0 Å². The summed E-state index contributed by atoms with van der Waals surface area (Å²) in [4.78, 5) is 7.37. The van der Waals surface area contributed by atoms with Gasteiger partial charge >= 0.3 is 0 Å². The Bertz CT molecular complexity index is 3530. The van der Waals surface area contributed by atoms with E-state index in [0.29, 0.717) is 5.89 Å². The summed E-state index contributed by atoms with van der Waals surface area (Å²) >= 11 is 1.84. The number of thiophene rings is 1. The van der Waals surface area contributed by atoms with Crippen LogP contribution < -0.4 is 4.90 Å². The van der Waals surface area contributed by atoms with E-state index in [1.54, 1.807) is 0 Å². The number of hydrogen-bond acceptors (Lipinski definition) is 4. The molecule has 12 rings (SSSR count). The van der Waals surface area contributed by atoms with Crippen LogP contribution in [0.2, 0.25) is 0 Å². The van der Waals surface area contributed by atoms with Crippen LogP contribution in [0.25, 0.3) is 92.1 Å². The summed E-state index contributed by atoms with van der Waals surface area (Å²) < 4.78 is 11.6. The molecular weight excluding hydrogens is 727 g/mol. The third-order valence-corrected chi connectivity index (χ3v) is 12.6. The van der Waals surface area contributed by atoms with Crippen molar-refractivity contribution in [1.29, 1.82) is 0 Å². The van der Waals surface area contributed by atoms with Crippen molar-refractivity contribution in [2.75, 3.05) is 4.90 Å². The Kier molecular flexibility index (Phi) is 7.37. The highest BCUT2D eigenvalue weighted by atomic mass is 32.1. The van der Waals surface area contributed by atoms with Crippen molar-refractivity contribution in [3.05, 3.63) is 200 Å². The molecule has 58 heavy (non-hydrogen) atoms. The smallest absolute Gasteiger partial charge is 0.227 e. The van der Waals surface area contributed by atoms with Gasteiger partial charge in [0, 0.05) is 64.7 Å². The van der Waals surface area contributed by atoms with Crippen molar-refractivity contribution < 1.29 is 4.42 Å². The van der Waals surface area contributed by atoms with Gasteiger partial charge < -0.3 is 13.9 Å². The zero-order valence-corrected chi connectivity index (χ0v) is 32.0. The standard InChI is InChI=1S/C53H33N3OS/c1-3-15-35(16-4-1)53-54-45-23-13-22-42(52(45)57-53)40-20-9-11-24-46(40)55(38-28-31-50-43(32-38)41-21-10-12-25-49(41)58-50)37-27-30-47-44(33-37)51-39-19-8-7-14-34(39)26-29-48(51)56(47)36-17-5-2-6-18-36/h1-33H. The first-order valence-electron chi connectivity index (χ1n) is 19.5. The molecule has 0 amide bonds. The van der Waals surface area contributed by atoms with E-state index in [4.69, 9.17) is 9.40 Å². The van der Waals surface area contributed by atoms with Gasteiger partial charge in [0.15, 0.2) is 5.58 Å². The summed E-state index contributed by atoms with van der Waals surface area (Å²) in [7, 11) is 0. The molecule has 12 aromatic rings. The molecule has 9 aromatic carbocycles. The van der Waals surface area contributed by atoms with Crippen molar-refractivity contribution in [1.82, 2.24) is 9.55 Å². The lowest BCUT2D eigenvalue weighted by molar-refractivity contribution is 0.621. The molecule has 0 aliphatic heterocycles. The summed E-state index contributed by atoms with van der Waals surface area (Å²) in [5, 5.41) is 7.41. The number of benzene rings is 9. The van der Waals surface area contributed by atoms with Gasteiger partial charge in [0.05, 0.1) is 16.7 Å². The Morgan fingerprint density at radius 3 is 2.03 bits per heavy atom. The Hall–Kier alpha value is -7.47. The lowest BCUT2D eigenvalue weighted by Gasteiger charge is -2.28. The predicted molar refractivity (Wildman–Crippen MR) is 244 cm³/mol. The van der Waals surface area contributed by atoms with E-state index in [9.17, 15) is 0 Å². The molecule has 0 fully saturated rings. The average molecular weight is 760 g/mol. The fourth-order valence-corrected chi connectivity index (χ4v) is 9.90. The normalized spacial score (nSPS) is 11.8. The molecule has 5 heteroatoms. The van der Waals surface area contributed by atoms with Gasteiger partial charge in [-0.25, -0.2) is 4.98 Å². The molecule has 0 aliphatic rings. The molecule has 0 saturated heterocycles. The second-order valence-corrected chi connectivity index (χ2v) is 15.8. The molecule has 0 bridgehead atoms. The summed E-state index contributed by atoms with van der Waals surface area (Å²) in [5.41, 5.74) is 11.2. The number of rotatable bonds is 6. The zero-order chi connectivity index (χ0) is 38.2. The molecule has 0 atom stereocenters. The SMILES string of the molecule is c1ccc(-c2nc3cccc(-c4ccccc4N(c4ccc5sc6ccccc6c5c4)c4ccc5c(c4)c4c6ccccc6ccc4n5-c4ccccc4)c3o2)cc1. The third-order valence-electron chi connectivity index (χ3n) is 11.4. The summed E-state index contributed by atoms with van der Waals surface area (Å²) in [6, 6.07) is 71.6. The first-order chi connectivity index (χ1) is 28.8. The highest BCUT2D eigenvalue weighted by Crippen LogP contribution is 2.47. The molecule has 0 radical (unpaired) electrons. The number of para-hydroxylation sites is 3. The lowest BCUT2D eigenvalue weighted by Crippen LogP contribution is -2.11. The molecule has 3 aromatic heterocycles. The molecule has 0 aliphatic carbocycles. The average Bonchev–Trinajstić information content (AvgIpc) is 3.99. The lowest BCUT2D eigenvalue weighted by atomic mass is 10.00. The number of oxazole rings is 1. The van der Waals surface area contributed by atoms with E-state index in [1.165, 1.54) is 47.2 Å². The van der Waals surface area contributed by atoms with E-state index < -0.39 is 0 Å². The van der Waals surface area contributed by atoms with E-state index in [2.05, 4.69) is 173 Å². The predicted octanol–water partition coefficient (Wildman–Crippen LogP) is 15.2. The molecule has 0 N–H and O–H groups in total. The van der Waals surface area contributed by atoms with E-state index >= 15 is 0 Å². The minimum absolute atomic E-state index is 0.611. The van der Waals surface area contributed by atoms with Gasteiger partial charge in [0.2, 0.25) is 5.89 Å². The number of anilines is 3. The Balaban J connectivity index is 1.14. The molecule has 0 spiro atoms. The molecule has 0 saturated carbocycles. The molecule has 272 valence electrons. The summed E-state index contributed by atoms with van der Waals surface area (Å²) in [5.74, 6) is 0.611. The van der Waals surface area contributed by atoms with Gasteiger partial charge in [-0.1, -0.05) is 115 Å². The van der Waals surface area contributed by atoms with Crippen LogP contribution >= 0.6 is 11.3 Å². The van der Waals surface area contributed by atoms with Gasteiger partial charge in [-0.2, -0.15) is 0 Å². The Labute approximate surface area is 338 Å². The van der Waals surface area contributed by atoms with Crippen LogP contribution in [-0.2, 0) is 0 Å². The second kappa shape index (κ2) is 13.1. The van der Waals surface area contributed by atoms with Crippen LogP contribution in [0, 0.1) is 0 Å². The van der Waals surface area contributed by atoms with Crippen LogP contribution in [0.15, 0.2) is 205 Å². The first kappa shape index (κ1) is 32.7. The van der Waals surface area contributed by atoms with Crippen molar-refractivity contribution >= 4 is 92.2 Å². The van der Waals surface area contributed by atoms with Crippen LogP contribution in [-0.4, -0.2) is 9.55 Å². The minimum Gasteiger partial charge on any atom is -0.435 e. The van der Waals surface area contributed by atoms with Crippen molar-refractivity contribution in [3.8, 4) is 28.3 Å². The van der Waals surface area contributed by atoms with E-state index in [-0.39, 0.29) is 0 Å². The molecule has 4 nitrogen and oxygen atoms in total.